The number of hydrogen-bond donors (Lipinski definition) is 2. The van der Waals surface area contributed by atoms with Gasteiger partial charge in [0.05, 0.1) is 24.0 Å². The molecule has 1 aliphatic rings. The summed E-state index contributed by atoms with van der Waals surface area (Å²) in [6.45, 7) is 0.683. The molecule has 4 rings (SSSR count). The van der Waals surface area contributed by atoms with Gasteiger partial charge in [-0.2, -0.15) is 0 Å². The fourth-order valence-corrected chi connectivity index (χ4v) is 3.63. The van der Waals surface area contributed by atoms with E-state index in [4.69, 9.17) is 20.7 Å². The number of nitrogens with two attached hydrogens (primary N) is 2. The first-order valence-electron chi connectivity index (χ1n) is 9.85. The van der Waals surface area contributed by atoms with Crippen molar-refractivity contribution in [3.05, 3.63) is 59.3 Å². The van der Waals surface area contributed by atoms with Crippen molar-refractivity contribution >= 4 is 11.6 Å². The predicted octanol–water partition coefficient (Wildman–Crippen LogP) is 4.34. The van der Waals surface area contributed by atoms with Crippen LogP contribution in [0.4, 0.5) is 11.6 Å². The lowest BCUT2D eigenvalue weighted by Gasteiger charge is -2.22. The van der Waals surface area contributed by atoms with Gasteiger partial charge in [0.1, 0.15) is 11.6 Å². The molecule has 0 unspecified atom stereocenters. The zero-order chi connectivity index (χ0) is 19.3. The van der Waals surface area contributed by atoms with E-state index in [1.807, 2.05) is 6.07 Å². The first kappa shape index (κ1) is 18.5. The van der Waals surface area contributed by atoms with Crippen molar-refractivity contribution in [2.75, 3.05) is 11.5 Å². The Morgan fingerprint density at radius 1 is 0.964 bits per heavy atom. The van der Waals surface area contributed by atoms with Gasteiger partial charge in [0.15, 0.2) is 5.76 Å². The Morgan fingerprint density at radius 3 is 2.46 bits per heavy atom. The van der Waals surface area contributed by atoms with Crippen LogP contribution in [0.5, 0.6) is 0 Å². The van der Waals surface area contributed by atoms with E-state index in [2.05, 4.69) is 34.4 Å². The van der Waals surface area contributed by atoms with Crippen LogP contribution in [0, 0.1) is 0 Å². The standard InChI is InChI=1S/C22H26N4O2/c23-21-11-10-19(22(24)25-21)20-13-17(26-28-20)12-15-6-8-16(9-7-15)14-27-18-4-2-1-3-5-18/h6-11,13,18H,1-5,12,14H2,(H4,23,24,25). The quantitative estimate of drug-likeness (QED) is 0.662. The van der Waals surface area contributed by atoms with Crippen molar-refractivity contribution in [3.63, 3.8) is 0 Å². The summed E-state index contributed by atoms with van der Waals surface area (Å²) >= 11 is 0. The minimum absolute atomic E-state index is 0.338. The predicted molar refractivity (Wildman–Crippen MR) is 109 cm³/mol. The summed E-state index contributed by atoms with van der Waals surface area (Å²) in [5, 5.41) is 4.16. The molecule has 1 saturated carbocycles. The van der Waals surface area contributed by atoms with E-state index in [0.717, 1.165) is 5.69 Å². The van der Waals surface area contributed by atoms with Gasteiger partial charge in [-0.25, -0.2) is 4.98 Å². The summed E-state index contributed by atoms with van der Waals surface area (Å²) in [5.41, 5.74) is 15.5. The topological polar surface area (TPSA) is 100 Å². The highest BCUT2D eigenvalue weighted by molar-refractivity contribution is 5.71. The Balaban J connectivity index is 1.36. The molecule has 1 aromatic carbocycles. The van der Waals surface area contributed by atoms with Gasteiger partial charge in [-0.05, 0) is 36.1 Å². The molecular weight excluding hydrogens is 352 g/mol. The summed E-state index contributed by atoms with van der Waals surface area (Å²) in [6, 6.07) is 13.9. The maximum Gasteiger partial charge on any atom is 0.170 e. The normalized spacial score (nSPS) is 15.0. The molecule has 146 valence electrons. The molecule has 4 N–H and O–H groups in total. The Morgan fingerprint density at radius 2 is 1.71 bits per heavy atom. The number of aromatic nitrogens is 2. The second-order valence-electron chi connectivity index (χ2n) is 7.42. The minimum Gasteiger partial charge on any atom is -0.384 e. The minimum atomic E-state index is 0.338. The summed E-state index contributed by atoms with van der Waals surface area (Å²) < 4.78 is 11.5. The van der Waals surface area contributed by atoms with Gasteiger partial charge in [0, 0.05) is 12.5 Å². The zero-order valence-electron chi connectivity index (χ0n) is 15.9. The highest BCUT2D eigenvalue weighted by Crippen LogP contribution is 2.27. The van der Waals surface area contributed by atoms with Crippen LogP contribution < -0.4 is 11.5 Å². The van der Waals surface area contributed by atoms with Crippen molar-refractivity contribution in [1.29, 1.82) is 0 Å². The fourth-order valence-electron chi connectivity index (χ4n) is 3.63. The number of pyridine rings is 1. The smallest absolute Gasteiger partial charge is 0.170 e. The molecule has 2 aromatic heterocycles. The SMILES string of the molecule is Nc1ccc(-c2cc(Cc3ccc(COC4CCCCC4)cc3)no2)c(N)n1. The third-order valence-corrected chi connectivity index (χ3v) is 5.22. The summed E-state index contributed by atoms with van der Waals surface area (Å²) in [4.78, 5) is 4.06. The maximum atomic E-state index is 6.05. The van der Waals surface area contributed by atoms with Crippen LogP contribution in [0.3, 0.4) is 0 Å². The molecule has 0 bridgehead atoms. The van der Waals surface area contributed by atoms with E-state index < -0.39 is 0 Å². The first-order chi connectivity index (χ1) is 13.7. The Labute approximate surface area is 164 Å². The Hall–Kier alpha value is -2.86. The summed E-state index contributed by atoms with van der Waals surface area (Å²) in [6.07, 6.45) is 7.44. The molecule has 0 radical (unpaired) electrons. The number of hydrogen-bond acceptors (Lipinski definition) is 6. The van der Waals surface area contributed by atoms with Gasteiger partial charge in [-0.3, -0.25) is 0 Å². The van der Waals surface area contributed by atoms with Crippen molar-refractivity contribution in [1.82, 2.24) is 10.1 Å². The monoisotopic (exact) mass is 378 g/mol. The average Bonchev–Trinajstić information content (AvgIpc) is 3.16. The van der Waals surface area contributed by atoms with Crippen LogP contribution in [-0.4, -0.2) is 16.2 Å². The molecule has 0 spiro atoms. The molecule has 0 aliphatic heterocycles. The maximum absolute atomic E-state index is 6.05. The van der Waals surface area contributed by atoms with E-state index in [-0.39, 0.29) is 0 Å². The molecule has 28 heavy (non-hydrogen) atoms. The van der Waals surface area contributed by atoms with E-state index in [0.29, 0.717) is 42.1 Å². The first-order valence-corrected chi connectivity index (χ1v) is 9.85. The second kappa shape index (κ2) is 8.44. The number of benzene rings is 1. The van der Waals surface area contributed by atoms with Gasteiger partial charge in [0.25, 0.3) is 0 Å². The highest BCUT2D eigenvalue weighted by Gasteiger charge is 2.14. The Bertz CT molecular complexity index is 915. The molecule has 6 heteroatoms. The summed E-state index contributed by atoms with van der Waals surface area (Å²) in [7, 11) is 0. The lowest BCUT2D eigenvalue weighted by molar-refractivity contribution is 0.0169. The van der Waals surface area contributed by atoms with Gasteiger partial charge >= 0.3 is 0 Å². The number of nitrogen functional groups attached to an aromatic ring is 2. The van der Waals surface area contributed by atoms with E-state index in [1.165, 1.54) is 43.2 Å². The molecule has 0 amide bonds. The zero-order valence-corrected chi connectivity index (χ0v) is 15.9. The fraction of sp³-hybridized carbons (Fsp3) is 0.364. The lowest BCUT2D eigenvalue weighted by Crippen LogP contribution is -2.16. The van der Waals surface area contributed by atoms with Crippen molar-refractivity contribution in [2.45, 2.75) is 51.2 Å². The Kier molecular flexibility index (Phi) is 5.58. The van der Waals surface area contributed by atoms with Gasteiger partial charge < -0.3 is 20.7 Å². The van der Waals surface area contributed by atoms with E-state index in [9.17, 15) is 0 Å². The lowest BCUT2D eigenvalue weighted by atomic mass is 9.98. The molecule has 3 aromatic rings. The molecule has 0 atom stereocenters. The van der Waals surface area contributed by atoms with Crippen molar-refractivity contribution in [3.8, 4) is 11.3 Å². The highest BCUT2D eigenvalue weighted by atomic mass is 16.5. The number of nitrogens with zero attached hydrogens (tertiary/aromatic N) is 2. The number of anilines is 2. The van der Waals surface area contributed by atoms with Crippen LogP contribution in [0.1, 0.15) is 48.9 Å². The third kappa shape index (κ3) is 4.51. The third-order valence-electron chi connectivity index (χ3n) is 5.22. The average molecular weight is 378 g/mol. The molecule has 6 nitrogen and oxygen atoms in total. The second-order valence-corrected chi connectivity index (χ2v) is 7.42. The van der Waals surface area contributed by atoms with E-state index >= 15 is 0 Å². The molecule has 0 saturated heterocycles. The van der Waals surface area contributed by atoms with Crippen LogP contribution in [0.15, 0.2) is 47.0 Å². The van der Waals surface area contributed by atoms with Crippen LogP contribution in [0.25, 0.3) is 11.3 Å². The number of rotatable bonds is 6. The largest absolute Gasteiger partial charge is 0.384 e. The molecule has 2 heterocycles. The van der Waals surface area contributed by atoms with Crippen LogP contribution in [0.2, 0.25) is 0 Å². The van der Waals surface area contributed by atoms with Crippen molar-refractivity contribution in [2.24, 2.45) is 0 Å². The molecular formula is C22H26N4O2. The van der Waals surface area contributed by atoms with Gasteiger partial charge in [-0.1, -0.05) is 48.7 Å². The number of ether oxygens (including phenoxy) is 1. The molecule has 1 aliphatic carbocycles. The van der Waals surface area contributed by atoms with Gasteiger partial charge in [-0.15, -0.1) is 0 Å². The molecule has 1 fully saturated rings. The van der Waals surface area contributed by atoms with Crippen LogP contribution >= 0.6 is 0 Å². The van der Waals surface area contributed by atoms with Crippen molar-refractivity contribution < 1.29 is 9.26 Å². The van der Waals surface area contributed by atoms with Crippen LogP contribution in [-0.2, 0) is 17.8 Å². The summed E-state index contributed by atoms with van der Waals surface area (Å²) in [5.74, 6) is 1.32. The van der Waals surface area contributed by atoms with Gasteiger partial charge in [0.2, 0.25) is 0 Å². The van der Waals surface area contributed by atoms with E-state index in [1.54, 1.807) is 12.1 Å².